The molecule has 0 bridgehead atoms. The molecule has 1 fully saturated rings. The number of hydrogen-bond donors (Lipinski definition) is 4. The average molecular weight is 756 g/mol. The summed E-state index contributed by atoms with van der Waals surface area (Å²) >= 11 is 0. The number of nitrogens with zero attached hydrogens (tertiary/aromatic N) is 5. The molecule has 308 valence electrons. The number of carboxylic acids is 4. The molecule has 1 heterocycles. The topological polar surface area (TPSA) is 182 Å². The smallest absolute Gasteiger partial charge is 0.320 e. The Bertz CT molecular complexity index is 981. The zero-order chi connectivity index (χ0) is 39.3. The highest BCUT2D eigenvalue weighted by Crippen LogP contribution is 2.15. The summed E-state index contributed by atoms with van der Waals surface area (Å²) in [6.45, 7) is 6.72. The van der Waals surface area contributed by atoms with Gasteiger partial charge in [0, 0.05) is 71.9 Å². The maximum Gasteiger partial charge on any atom is 0.320 e. The fourth-order valence-electron chi connectivity index (χ4n) is 7.03. The van der Waals surface area contributed by atoms with Crippen molar-refractivity contribution in [2.75, 3.05) is 85.1 Å². The van der Waals surface area contributed by atoms with E-state index in [-0.39, 0.29) is 90.7 Å². The van der Waals surface area contributed by atoms with Crippen molar-refractivity contribution < 1.29 is 44.4 Å². The molecule has 0 aliphatic carbocycles. The van der Waals surface area contributed by atoms with E-state index in [0.717, 1.165) is 38.5 Å². The molecule has 1 aliphatic rings. The van der Waals surface area contributed by atoms with Crippen LogP contribution in [-0.4, -0.2) is 166 Å². The van der Waals surface area contributed by atoms with Crippen molar-refractivity contribution in [1.82, 2.24) is 24.5 Å². The van der Waals surface area contributed by atoms with E-state index in [1.54, 1.807) is 19.6 Å². The van der Waals surface area contributed by atoms with Crippen molar-refractivity contribution in [3.63, 3.8) is 0 Å². The molecular weight excluding hydrogens is 682 g/mol. The molecule has 53 heavy (non-hydrogen) atoms. The van der Waals surface area contributed by atoms with E-state index >= 15 is 0 Å². The summed E-state index contributed by atoms with van der Waals surface area (Å²) in [7, 11) is 0. The zero-order valence-corrected chi connectivity index (χ0v) is 33.1. The molecule has 14 heteroatoms. The number of unbranched alkanes of at least 4 members (excludes halogenated alkanes) is 14. The Morgan fingerprint density at radius 3 is 1.13 bits per heavy atom. The molecule has 14 nitrogen and oxygen atoms in total. The molecule has 1 amide bonds. The molecule has 0 aromatic rings. The zero-order valence-electron chi connectivity index (χ0n) is 33.1. The average Bonchev–Trinajstić information content (AvgIpc) is 3.09. The minimum Gasteiger partial charge on any atom is -0.480 e. The Morgan fingerprint density at radius 1 is 0.491 bits per heavy atom. The van der Waals surface area contributed by atoms with Gasteiger partial charge in [-0.25, -0.2) is 0 Å². The maximum absolute atomic E-state index is 13.7. The van der Waals surface area contributed by atoms with Crippen LogP contribution >= 0.6 is 0 Å². The van der Waals surface area contributed by atoms with Crippen LogP contribution in [0.5, 0.6) is 0 Å². The molecule has 1 saturated heterocycles. The molecule has 0 aromatic carbocycles. The molecule has 1 aliphatic heterocycles. The standard InChI is InChI=1S/C39H73N5O9/c1-3-5-7-9-11-13-15-17-21-44(22-18-16-14-12-10-8-6-4-2)35(45)20-19-34(39(52)53)43-29-27-41(32-37(48)49)25-23-40(31-36(46)47)24-26-42(28-30-43)33-38(50)51/h34H,3-33H2,1-2H3,(H,46,47)(H,48,49)(H,50,51)(H,52,53)/t34-/m0/s1. The molecule has 4 N–H and O–H groups in total. The van der Waals surface area contributed by atoms with Crippen LogP contribution in [0.2, 0.25) is 0 Å². The molecule has 1 atom stereocenters. The Kier molecular flexibility index (Phi) is 27.8. The van der Waals surface area contributed by atoms with Gasteiger partial charge in [-0.3, -0.25) is 43.6 Å². The number of carbonyl (C=O) groups excluding carboxylic acids is 1. The third-order valence-corrected chi connectivity index (χ3v) is 10.2. The third-order valence-electron chi connectivity index (χ3n) is 10.2. The van der Waals surface area contributed by atoms with E-state index < -0.39 is 29.9 Å². The Balaban J connectivity index is 3.02. The van der Waals surface area contributed by atoms with Crippen LogP contribution in [0.4, 0.5) is 0 Å². The first-order valence-corrected chi connectivity index (χ1v) is 20.5. The van der Waals surface area contributed by atoms with E-state index in [4.69, 9.17) is 0 Å². The number of rotatable bonds is 29. The van der Waals surface area contributed by atoms with Crippen molar-refractivity contribution in [3.8, 4) is 0 Å². The van der Waals surface area contributed by atoms with Gasteiger partial charge in [0.15, 0.2) is 0 Å². The van der Waals surface area contributed by atoms with Crippen molar-refractivity contribution in [1.29, 1.82) is 0 Å². The van der Waals surface area contributed by atoms with Crippen LogP contribution in [0, 0.1) is 0 Å². The normalized spacial score (nSPS) is 16.4. The quantitative estimate of drug-likeness (QED) is 0.0765. The summed E-state index contributed by atoms with van der Waals surface area (Å²) in [6.07, 6.45) is 18.8. The monoisotopic (exact) mass is 756 g/mol. The van der Waals surface area contributed by atoms with E-state index in [1.807, 2.05) is 4.90 Å². The van der Waals surface area contributed by atoms with Gasteiger partial charge in [-0.2, -0.15) is 0 Å². The maximum atomic E-state index is 13.7. The summed E-state index contributed by atoms with van der Waals surface area (Å²) in [6, 6.07) is -1.02. The number of carboxylic acid groups (broad SMARTS) is 4. The van der Waals surface area contributed by atoms with E-state index in [0.29, 0.717) is 13.1 Å². The Labute approximate surface area is 318 Å². The fourth-order valence-corrected chi connectivity index (χ4v) is 7.03. The van der Waals surface area contributed by atoms with Gasteiger partial charge in [-0.15, -0.1) is 0 Å². The van der Waals surface area contributed by atoms with Gasteiger partial charge < -0.3 is 25.3 Å². The van der Waals surface area contributed by atoms with Crippen molar-refractivity contribution >= 4 is 29.8 Å². The van der Waals surface area contributed by atoms with Crippen LogP contribution in [0.25, 0.3) is 0 Å². The van der Waals surface area contributed by atoms with Crippen LogP contribution in [-0.2, 0) is 24.0 Å². The summed E-state index contributed by atoms with van der Waals surface area (Å²) in [5.41, 5.74) is 0. The Hall–Kier alpha value is -2.81. The van der Waals surface area contributed by atoms with Crippen molar-refractivity contribution in [2.45, 2.75) is 135 Å². The van der Waals surface area contributed by atoms with Crippen molar-refractivity contribution in [2.24, 2.45) is 0 Å². The lowest BCUT2D eigenvalue weighted by Crippen LogP contribution is -2.52. The number of hydrogen-bond acceptors (Lipinski definition) is 9. The minimum atomic E-state index is -1.08. The number of aliphatic carboxylic acids is 4. The molecular formula is C39H73N5O9. The second-order valence-electron chi connectivity index (χ2n) is 14.8. The Morgan fingerprint density at radius 2 is 0.811 bits per heavy atom. The third kappa shape index (κ3) is 25.0. The highest BCUT2D eigenvalue weighted by Gasteiger charge is 2.29. The molecule has 0 saturated carbocycles. The lowest BCUT2D eigenvalue weighted by molar-refractivity contribution is -0.145. The van der Waals surface area contributed by atoms with E-state index in [1.165, 1.54) is 64.2 Å². The number of carbonyl (C=O) groups is 5. The van der Waals surface area contributed by atoms with Gasteiger partial charge in [-0.05, 0) is 19.3 Å². The number of amides is 1. The molecule has 0 radical (unpaired) electrons. The lowest BCUT2D eigenvalue weighted by atomic mass is 10.1. The first kappa shape index (κ1) is 48.2. The van der Waals surface area contributed by atoms with Gasteiger partial charge in [0.05, 0.1) is 19.6 Å². The van der Waals surface area contributed by atoms with Gasteiger partial charge in [0.25, 0.3) is 0 Å². The molecule has 0 unspecified atom stereocenters. The SMILES string of the molecule is CCCCCCCCCCN(CCCCCCCCCC)C(=O)CC[C@@H](C(=O)O)N1CCN(CC(=O)O)CCN(CC(=O)O)CCN(CC(=O)O)CC1. The van der Waals surface area contributed by atoms with Gasteiger partial charge in [0.2, 0.25) is 5.91 Å². The summed E-state index contributed by atoms with van der Waals surface area (Å²) in [5, 5.41) is 38.9. The van der Waals surface area contributed by atoms with E-state index in [2.05, 4.69) is 13.8 Å². The second-order valence-corrected chi connectivity index (χ2v) is 14.8. The van der Waals surface area contributed by atoms with Gasteiger partial charge in [0.1, 0.15) is 6.04 Å². The highest BCUT2D eigenvalue weighted by atomic mass is 16.4. The first-order chi connectivity index (χ1) is 25.5. The largest absolute Gasteiger partial charge is 0.480 e. The van der Waals surface area contributed by atoms with Gasteiger partial charge >= 0.3 is 23.9 Å². The van der Waals surface area contributed by atoms with Crippen LogP contribution in [0.15, 0.2) is 0 Å². The highest BCUT2D eigenvalue weighted by molar-refractivity contribution is 5.78. The second kappa shape index (κ2) is 30.5. The summed E-state index contributed by atoms with van der Waals surface area (Å²) < 4.78 is 0. The summed E-state index contributed by atoms with van der Waals surface area (Å²) in [5.74, 6) is -4.25. The van der Waals surface area contributed by atoms with Crippen LogP contribution in [0.3, 0.4) is 0 Å². The lowest BCUT2D eigenvalue weighted by Gasteiger charge is -2.35. The molecule has 0 aromatic heterocycles. The van der Waals surface area contributed by atoms with E-state index in [9.17, 15) is 44.4 Å². The first-order valence-electron chi connectivity index (χ1n) is 20.5. The fraction of sp³-hybridized carbons (Fsp3) is 0.872. The van der Waals surface area contributed by atoms with Crippen LogP contribution in [0.1, 0.15) is 129 Å². The molecule has 1 rings (SSSR count). The van der Waals surface area contributed by atoms with Crippen molar-refractivity contribution in [3.05, 3.63) is 0 Å². The predicted octanol–water partition coefficient (Wildman–Crippen LogP) is 4.81. The van der Waals surface area contributed by atoms with Crippen LogP contribution < -0.4 is 0 Å². The summed E-state index contributed by atoms with van der Waals surface area (Å²) in [4.78, 5) is 70.0. The minimum absolute atomic E-state index is 0.0463. The molecule has 0 spiro atoms. The van der Waals surface area contributed by atoms with Gasteiger partial charge in [-0.1, -0.05) is 104 Å². The predicted molar refractivity (Wildman–Crippen MR) is 206 cm³/mol.